The first-order valence-electron chi connectivity index (χ1n) is 6.75. The molecule has 18 heavy (non-hydrogen) atoms. The van der Waals surface area contributed by atoms with E-state index >= 15 is 0 Å². The number of rotatable bonds is 5. The van der Waals surface area contributed by atoms with Crippen LogP contribution in [0.25, 0.3) is 0 Å². The molecule has 2 atom stereocenters. The molecule has 1 aromatic carbocycles. The SMILES string of the molecule is Cc1ccc(SCCN2CCC(C)C2CO)cc1. The second-order valence-corrected chi connectivity index (χ2v) is 6.38. The van der Waals surface area contributed by atoms with Gasteiger partial charge in [-0.2, -0.15) is 0 Å². The van der Waals surface area contributed by atoms with Crippen molar-refractivity contribution < 1.29 is 5.11 Å². The summed E-state index contributed by atoms with van der Waals surface area (Å²) in [6.45, 7) is 6.88. The molecule has 100 valence electrons. The van der Waals surface area contributed by atoms with Crippen LogP contribution in [0.15, 0.2) is 29.2 Å². The average Bonchev–Trinajstić information content (AvgIpc) is 2.72. The fourth-order valence-electron chi connectivity index (χ4n) is 2.58. The van der Waals surface area contributed by atoms with Crippen molar-refractivity contribution in [2.75, 3.05) is 25.4 Å². The molecule has 0 aromatic heterocycles. The molecule has 1 aliphatic heterocycles. The summed E-state index contributed by atoms with van der Waals surface area (Å²) in [6.07, 6.45) is 1.22. The van der Waals surface area contributed by atoms with Crippen LogP contribution >= 0.6 is 11.8 Å². The molecule has 1 heterocycles. The van der Waals surface area contributed by atoms with Gasteiger partial charge in [0.25, 0.3) is 0 Å². The molecule has 1 aliphatic rings. The zero-order chi connectivity index (χ0) is 13.0. The molecule has 2 unspecified atom stereocenters. The van der Waals surface area contributed by atoms with Crippen molar-refractivity contribution in [2.24, 2.45) is 5.92 Å². The number of benzene rings is 1. The van der Waals surface area contributed by atoms with E-state index in [4.69, 9.17) is 0 Å². The van der Waals surface area contributed by atoms with E-state index in [1.54, 1.807) is 0 Å². The first-order chi connectivity index (χ1) is 8.70. The number of aliphatic hydroxyl groups excluding tert-OH is 1. The number of thioether (sulfide) groups is 1. The average molecular weight is 265 g/mol. The minimum absolute atomic E-state index is 0.302. The van der Waals surface area contributed by atoms with Gasteiger partial charge >= 0.3 is 0 Å². The predicted octanol–water partition coefficient (Wildman–Crippen LogP) is 2.79. The van der Waals surface area contributed by atoms with Gasteiger partial charge in [0.2, 0.25) is 0 Å². The molecule has 1 aromatic rings. The highest BCUT2D eigenvalue weighted by atomic mass is 32.2. The molecular weight excluding hydrogens is 242 g/mol. The second-order valence-electron chi connectivity index (χ2n) is 5.21. The van der Waals surface area contributed by atoms with Crippen LogP contribution in [0.1, 0.15) is 18.9 Å². The van der Waals surface area contributed by atoms with Gasteiger partial charge in [-0.15, -0.1) is 11.8 Å². The van der Waals surface area contributed by atoms with Crippen molar-refractivity contribution in [2.45, 2.75) is 31.2 Å². The Kier molecular flexibility index (Phi) is 5.10. The van der Waals surface area contributed by atoms with Gasteiger partial charge < -0.3 is 5.11 Å². The van der Waals surface area contributed by atoms with Crippen molar-refractivity contribution in [3.05, 3.63) is 29.8 Å². The molecule has 0 amide bonds. The van der Waals surface area contributed by atoms with Crippen LogP contribution in [-0.4, -0.2) is 41.5 Å². The fourth-order valence-corrected chi connectivity index (χ4v) is 3.47. The summed E-state index contributed by atoms with van der Waals surface area (Å²) < 4.78 is 0. The third kappa shape index (κ3) is 3.50. The molecule has 2 rings (SSSR count). The summed E-state index contributed by atoms with van der Waals surface area (Å²) in [4.78, 5) is 3.78. The maximum absolute atomic E-state index is 9.41. The topological polar surface area (TPSA) is 23.5 Å². The Bertz CT molecular complexity index is 365. The Morgan fingerprint density at radius 3 is 2.72 bits per heavy atom. The molecule has 0 saturated carbocycles. The highest BCUT2D eigenvalue weighted by molar-refractivity contribution is 7.99. The molecule has 1 N–H and O–H groups in total. The number of aliphatic hydroxyl groups is 1. The molecule has 0 radical (unpaired) electrons. The molecule has 0 aliphatic carbocycles. The van der Waals surface area contributed by atoms with E-state index in [-0.39, 0.29) is 0 Å². The third-order valence-corrected chi connectivity index (χ3v) is 4.84. The van der Waals surface area contributed by atoms with E-state index in [1.807, 2.05) is 11.8 Å². The van der Waals surface area contributed by atoms with Crippen LogP contribution in [0.2, 0.25) is 0 Å². The Labute approximate surface area is 114 Å². The smallest absolute Gasteiger partial charge is 0.0589 e. The summed E-state index contributed by atoms with van der Waals surface area (Å²) in [5.74, 6) is 1.74. The van der Waals surface area contributed by atoms with Crippen molar-refractivity contribution in [1.82, 2.24) is 4.90 Å². The molecule has 0 spiro atoms. The van der Waals surface area contributed by atoms with Crippen molar-refractivity contribution >= 4 is 11.8 Å². The standard InChI is InChI=1S/C15H23NOS/c1-12-3-5-14(6-4-12)18-10-9-16-8-7-13(2)15(16)11-17/h3-6,13,15,17H,7-11H2,1-2H3. The Morgan fingerprint density at radius 1 is 1.33 bits per heavy atom. The first kappa shape index (κ1) is 13.9. The minimum atomic E-state index is 0.302. The van der Waals surface area contributed by atoms with Crippen LogP contribution in [-0.2, 0) is 0 Å². The molecule has 3 heteroatoms. The lowest BCUT2D eigenvalue weighted by molar-refractivity contribution is 0.145. The van der Waals surface area contributed by atoms with Gasteiger partial charge in [-0.1, -0.05) is 24.6 Å². The number of aryl methyl sites for hydroxylation is 1. The lowest BCUT2D eigenvalue weighted by Crippen LogP contribution is -2.36. The Hall–Kier alpha value is -0.510. The number of nitrogens with zero attached hydrogens (tertiary/aromatic N) is 1. The van der Waals surface area contributed by atoms with Crippen molar-refractivity contribution in [1.29, 1.82) is 0 Å². The van der Waals surface area contributed by atoms with Crippen LogP contribution in [0.5, 0.6) is 0 Å². The Morgan fingerprint density at radius 2 is 2.06 bits per heavy atom. The van der Waals surface area contributed by atoms with Crippen LogP contribution in [0.3, 0.4) is 0 Å². The van der Waals surface area contributed by atoms with Crippen molar-refractivity contribution in [3.8, 4) is 0 Å². The van der Waals surface area contributed by atoms with Gasteiger partial charge in [-0.25, -0.2) is 0 Å². The lowest BCUT2D eigenvalue weighted by atomic mass is 10.0. The van der Waals surface area contributed by atoms with Gasteiger partial charge in [0.1, 0.15) is 0 Å². The monoisotopic (exact) mass is 265 g/mol. The van der Waals surface area contributed by atoms with E-state index in [9.17, 15) is 5.11 Å². The van der Waals surface area contributed by atoms with E-state index in [0.717, 1.165) is 18.8 Å². The van der Waals surface area contributed by atoms with Gasteiger partial charge in [0.15, 0.2) is 0 Å². The van der Waals surface area contributed by atoms with Crippen LogP contribution in [0.4, 0.5) is 0 Å². The summed E-state index contributed by atoms with van der Waals surface area (Å²) in [5, 5.41) is 9.41. The maximum atomic E-state index is 9.41. The fraction of sp³-hybridized carbons (Fsp3) is 0.600. The number of hydrogen-bond donors (Lipinski definition) is 1. The van der Waals surface area contributed by atoms with E-state index in [2.05, 4.69) is 43.0 Å². The summed E-state index contributed by atoms with van der Waals surface area (Å²) in [5.41, 5.74) is 1.31. The summed E-state index contributed by atoms with van der Waals surface area (Å²) >= 11 is 1.91. The second kappa shape index (κ2) is 6.60. The predicted molar refractivity (Wildman–Crippen MR) is 78.1 cm³/mol. The highest BCUT2D eigenvalue weighted by Gasteiger charge is 2.29. The number of hydrogen-bond acceptors (Lipinski definition) is 3. The molecule has 1 fully saturated rings. The third-order valence-electron chi connectivity index (χ3n) is 3.85. The minimum Gasteiger partial charge on any atom is -0.395 e. The quantitative estimate of drug-likeness (QED) is 0.828. The zero-order valence-corrected chi connectivity index (χ0v) is 12.1. The van der Waals surface area contributed by atoms with Gasteiger partial charge in [0.05, 0.1) is 6.61 Å². The molecular formula is C15H23NOS. The number of likely N-dealkylation sites (tertiary alicyclic amines) is 1. The van der Waals surface area contributed by atoms with E-state index < -0.39 is 0 Å². The zero-order valence-electron chi connectivity index (χ0n) is 11.3. The summed E-state index contributed by atoms with van der Waals surface area (Å²) in [6, 6.07) is 9.09. The van der Waals surface area contributed by atoms with E-state index in [1.165, 1.54) is 16.9 Å². The van der Waals surface area contributed by atoms with Gasteiger partial charge in [-0.3, -0.25) is 4.90 Å². The molecule has 0 bridgehead atoms. The normalized spacial score (nSPS) is 24.6. The van der Waals surface area contributed by atoms with E-state index in [0.29, 0.717) is 18.6 Å². The maximum Gasteiger partial charge on any atom is 0.0589 e. The summed E-state index contributed by atoms with van der Waals surface area (Å²) in [7, 11) is 0. The molecule has 2 nitrogen and oxygen atoms in total. The highest BCUT2D eigenvalue weighted by Crippen LogP contribution is 2.25. The molecule has 1 saturated heterocycles. The van der Waals surface area contributed by atoms with Crippen LogP contribution < -0.4 is 0 Å². The lowest BCUT2D eigenvalue weighted by Gasteiger charge is -2.24. The van der Waals surface area contributed by atoms with Gasteiger partial charge in [-0.05, 0) is 37.9 Å². The first-order valence-corrected chi connectivity index (χ1v) is 7.73. The Balaban J connectivity index is 1.77. The van der Waals surface area contributed by atoms with Crippen LogP contribution in [0, 0.1) is 12.8 Å². The largest absolute Gasteiger partial charge is 0.395 e. The van der Waals surface area contributed by atoms with Crippen molar-refractivity contribution in [3.63, 3.8) is 0 Å². The van der Waals surface area contributed by atoms with Gasteiger partial charge in [0, 0.05) is 23.2 Å².